The summed E-state index contributed by atoms with van der Waals surface area (Å²) in [6, 6.07) is 0. The fourth-order valence-corrected chi connectivity index (χ4v) is 1.98. The number of aryl methyl sites for hydroxylation is 1. The van der Waals surface area contributed by atoms with Gasteiger partial charge in [-0.15, -0.1) is 0 Å². The number of nitrogens with one attached hydrogen (secondary N) is 1. The van der Waals surface area contributed by atoms with Crippen LogP contribution in [-0.4, -0.2) is 43.1 Å². The van der Waals surface area contributed by atoms with Gasteiger partial charge in [0.15, 0.2) is 5.82 Å². The first-order valence-corrected chi connectivity index (χ1v) is 6.51. The van der Waals surface area contributed by atoms with Gasteiger partial charge in [-0.05, 0) is 32.4 Å². The van der Waals surface area contributed by atoms with E-state index in [2.05, 4.69) is 15.5 Å². The highest BCUT2D eigenvalue weighted by Gasteiger charge is 2.15. The maximum atomic E-state index is 5.75. The number of aromatic nitrogens is 2. The summed E-state index contributed by atoms with van der Waals surface area (Å²) in [5, 5.41) is 7.22. The van der Waals surface area contributed by atoms with Crippen molar-refractivity contribution in [2.45, 2.75) is 38.4 Å². The largest absolute Gasteiger partial charge is 0.385 e. The van der Waals surface area contributed by atoms with Crippen LogP contribution in [0.25, 0.3) is 0 Å². The number of methoxy groups -OCH3 is 1. The first-order chi connectivity index (χ1) is 8.88. The molecule has 1 aliphatic heterocycles. The van der Waals surface area contributed by atoms with Crippen LogP contribution in [0.3, 0.4) is 0 Å². The van der Waals surface area contributed by atoms with E-state index >= 15 is 0 Å². The molecule has 102 valence electrons. The number of hydrogen-bond acceptors (Lipinski definition) is 6. The third-order valence-electron chi connectivity index (χ3n) is 2.99. The molecule has 6 heteroatoms. The summed E-state index contributed by atoms with van der Waals surface area (Å²) < 4.78 is 15.9. The van der Waals surface area contributed by atoms with Crippen LogP contribution in [0.1, 0.15) is 31.0 Å². The van der Waals surface area contributed by atoms with Gasteiger partial charge < -0.3 is 19.3 Å². The Morgan fingerprint density at radius 1 is 1.39 bits per heavy atom. The topological polar surface area (TPSA) is 69.4 Å². The van der Waals surface area contributed by atoms with Crippen molar-refractivity contribution in [3.63, 3.8) is 0 Å². The van der Waals surface area contributed by atoms with Crippen molar-refractivity contribution < 1.29 is 14.0 Å². The molecule has 0 atom stereocenters. The van der Waals surface area contributed by atoms with Gasteiger partial charge in [-0.25, -0.2) is 0 Å². The van der Waals surface area contributed by atoms with Crippen molar-refractivity contribution in [3.8, 4) is 0 Å². The van der Waals surface area contributed by atoms with E-state index in [1.54, 1.807) is 7.11 Å². The van der Waals surface area contributed by atoms with Gasteiger partial charge in [0.1, 0.15) is 6.61 Å². The Bertz CT molecular complexity index is 337. The number of rotatable bonds is 7. The minimum Gasteiger partial charge on any atom is -0.385 e. The molecular formula is C12H21N3O3. The molecule has 1 aromatic heterocycles. The van der Waals surface area contributed by atoms with Crippen LogP contribution in [0.2, 0.25) is 0 Å². The predicted molar refractivity (Wildman–Crippen MR) is 65.2 cm³/mol. The van der Waals surface area contributed by atoms with Gasteiger partial charge in [-0.2, -0.15) is 4.98 Å². The zero-order valence-corrected chi connectivity index (χ0v) is 10.9. The van der Waals surface area contributed by atoms with Crippen LogP contribution in [0, 0.1) is 0 Å². The summed E-state index contributed by atoms with van der Waals surface area (Å²) in [5.41, 5.74) is 0. The number of hydrogen-bond donors (Lipinski definition) is 1. The van der Waals surface area contributed by atoms with E-state index in [1.165, 1.54) is 0 Å². The Balaban J connectivity index is 1.69. The quantitative estimate of drug-likeness (QED) is 0.731. The highest BCUT2D eigenvalue weighted by atomic mass is 16.5. The summed E-state index contributed by atoms with van der Waals surface area (Å²) in [6.07, 6.45) is 4.11. The Hall–Kier alpha value is -0.980. The van der Waals surface area contributed by atoms with Crippen molar-refractivity contribution in [3.05, 3.63) is 11.7 Å². The fourth-order valence-electron chi connectivity index (χ4n) is 1.98. The maximum absolute atomic E-state index is 5.75. The van der Waals surface area contributed by atoms with Crippen LogP contribution >= 0.6 is 0 Å². The second-order valence-electron chi connectivity index (χ2n) is 4.46. The van der Waals surface area contributed by atoms with Gasteiger partial charge in [-0.3, -0.25) is 0 Å². The van der Waals surface area contributed by atoms with E-state index in [0.717, 1.165) is 51.2 Å². The molecule has 1 fully saturated rings. The molecule has 0 aliphatic carbocycles. The zero-order chi connectivity index (χ0) is 12.6. The molecule has 1 saturated heterocycles. The standard InChI is InChI=1S/C12H21N3O3/c1-16-8-2-3-11-14-12(18-15-11)9-17-10-4-6-13-7-5-10/h10,13H,2-9H2,1H3. The second-order valence-corrected chi connectivity index (χ2v) is 4.46. The molecule has 2 rings (SSSR count). The smallest absolute Gasteiger partial charge is 0.252 e. The fraction of sp³-hybridized carbons (Fsp3) is 0.833. The summed E-state index contributed by atoms with van der Waals surface area (Å²) in [5.74, 6) is 1.30. The monoisotopic (exact) mass is 255 g/mol. The van der Waals surface area contributed by atoms with E-state index < -0.39 is 0 Å². The van der Waals surface area contributed by atoms with Gasteiger partial charge in [0.25, 0.3) is 5.89 Å². The molecule has 1 N–H and O–H groups in total. The van der Waals surface area contributed by atoms with Crippen molar-refractivity contribution in [1.29, 1.82) is 0 Å². The Labute approximate surface area is 107 Å². The van der Waals surface area contributed by atoms with Gasteiger partial charge in [0, 0.05) is 20.1 Å². The molecule has 0 radical (unpaired) electrons. The van der Waals surface area contributed by atoms with E-state index in [1.807, 2.05) is 0 Å². The van der Waals surface area contributed by atoms with Crippen LogP contribution in [0.4, 0.5) is 0 Å². The lowest BCUT2D eigenvalue weighted by atomic mass is 10.1. The molecule has 1 aliphatic rings. The Morgan fingerprint density at radius 3 is 3.00 bits per heavy atom. The van der Waals surface area contributed by atoms with Crippen molar-refractivity contribution >= 4 is 0 Å². The van der Waals surface area contributed by atoms with E-state index in [0.29, 0.717) is 18.6 Å². The third kappa shape index (κ3) is 4.36. The lowest BCUT2D eigenvalue weighted by molar-refractivity contribution is 0.00859. The molecule has 0 amide bonds. The second kappa shape index (κ2) is 7.45. The zero-order valence-electron chi connectivity index (χ0n) is 10.9. The summed E-state index contributed by atoms with van der Waals surface area (Å²) in [4.78, 5) is 4.29. The number of piperidine rings is 1. The first-order valence-electron chi connectivity index (χ1n) is 6.51. The molecule has 2 heterocycles. The molecule has 0 aromatic carbocycles. The number of nitrogens with zero attached hydrogens (tertiary/aromatic N) is 2. The molecule has 0 spiro atoms. The molecule has 1 aromatic rings. The van der Waals surface area contributed by atoms with Gasteiger partial charge >= 0.3 is 0 Å². The van der Waals surface area contributed by atoms with Crippen molar-refractivity contribution in [2.75, 3.05) is 26.8 Å². The third-order valence-corrected chi connectivity index (χ3v) is 2.99. The summed E-state index contributed by atoms with van der Waals surface area (Å²) in [6.45, 7) is 3.19. The summed E-state index contributed by atoms with van der Waals surface area (Å²) in [7, 11) is 1.69. The normalized spacial score (nSPS) is 17.2. The van der Waals surface area contributed by atoms with E-state index in [-0.39, 0.29) is 0 Å². The number of ether oxygens (including phenoxy) is 2. The van der Waals surface area contributed by atoms with Crippen LogP contribution in [0.15, 0.2) is 4.52 Å². The Morgan fingerprint density at radius 2 is 2.22 bits per heavy atom. The van der Waals surface area contributed by atoms with E-state index in [9.17, 15) is 0 Å². The molecule has 0 bridgehead atoms. The SMILES string of the molecule is COCCCc1noc(COC2CCNCC2)n1. The molecule has 0 unspecified atom stereocenters. The van der Waals surface area contributed by atoms with Crippen molar-refractivity contribution in [2.24, 2.45) is 0 Å². The molecule has 6 nitrogen and oxygen atoms in total. The minimum absolute atomic E-state index is 0.315. The molecule has 18 heavy (non-hydrogen) atoms. The average molecular weight is 255 g/mol. The predicted octanol–water partition coefficient (Wildman–Crippen LogP) is 0.917. The highest BCUT2D eigenvalue weighted by molar-refractivity contribution is 4.85. The van der Waals surface area contributed by atoms with Crippen LogP contribution in [0.5, 0.6) is 0 Å². The Kier molecular flexibility index (Phi) is 5.57. The van der Waals surface area contributed by atoms with Crippen molar-refractivity contribution in [1.82, 2.24) is 15.5 Å². The lowest BCUT2D eigenvalue weighted by Gasteiger charge is -2.21. The first kappa shape index (κ1) is 13.5. The van der Waals surface area contributed by atoms with Gasteiger partial charge in [0.2, 0.25) is 0 Å². The maximum Gasteiger partial charge on any atom is 0.252 e. The molecule has 0 saturated carbocycles. The van der Waals surface area contributed by atoms with Gasteiger partial charge in [-0.1, -0.05) is 5.16 Å². The molecular weight excluding hydrogens is 234 g/mol. The summed E-state index contributed by atoms with van der Waals surface area (Å²) >= 11 is 0. The lowest BCUT2D eigenvalue weighted by Crippen LogP contribution is -2.32. The average Bonchev–Trinajstić information content (AvgIpc) is 2.86. The minimum atomic E-state index is 0.315. The van der Waals surface area contributed by atoms with E-state index in [4.69, 9.17) is 14.0 Å². The highest BCUT2D eigenvalue weighted by Crippen LogP contribution is 2.10. The van der Waals surface area contributed by atoms with Crippen LogP contribution < -0.4 is 5.32 Å². The van der Waals surface area contributed by atoms with Gasteiger partial charge in [0.05, 0.1) is 6.10 Å². The van der Waals surface area contributed by atoms with Crippen LogP contribution in [-0.2, 0) is 22.5 Å².